The Morgan fingerprint density at radius 3 is 2.77 bits per heavy atom. The summed E-state index contributed by atoms with van der Waals surface area (Å²) in [6, 6.07) is 0.0281. The van der Waals surface area contributed by atoms with Crippen molar-refractivity contribution in [1.82, 2.24) is 4.31 Å². The number of hydrogen-bond donors (Lipinski definition) is 1. The first kappa shape index (κ1) is 10.9. The first-order chi connectivity index (χ1) is 6.06. The average molecular weight is 206 g/mol. The predicted octanol–water partition coefficient (Wildman–Crippen LogP) is 0.149. The molecular formula is C8H18N2O2S. The number of nitrogens with two attached hydrogens (primary N) is 1. The van der Waals surface area contributed by atoms with Gasteiger partial charge in [-0.05, 0) is 19.3 Å². The molecule has 1 aliphatic rings. The number of sulfonamides is 1. The third kappa shape index (κ3) is 2.93. The zero-order valence-electron chi connectivity index (χ0n) is 8.07. The van der Waals surface area contributed by atoms with E-state index < -0.39 is 10.0 Å². The minimum absolute atomic E-state index is 0.0281. The van der Waals surface area contributed by atoms with Crippen molar-refractivity contribution in [3.8, 4) is 0 Å². The van der Waals surface area contributed by atoms with Crippen LogP contribution in [-0.2, 0) is 10.0 Å². The van der Waals surface area contributed by atoms with Crippen molar-refractivity contribution < 1.29 is 8.42 Å². The predicted molar refractivity (Wildman–Crippen MR) is 52.9 cm³/mol. The molecule has 0 aromatic heterocycles. The molecule has 0 amide bonds. The Morgan fingerprint density at radius 2 is 2.23 bits per heavy atom. The Kier molecular flexibility index (Phi) is 3.70. The fraction of sp³-hybridized carbons (Fsp3) is 1.00. The summed E-state index contributed by atoms with van der Waals surface area (Å²) in [5.41, 5.74) is 5.71. The van der Waals surface area contributed by atoms with Gasteiger partial charge in [0.15, 0.2) is 0 Å². The SMILES string of the molecule is CCCS(=O)(=O)N1CCC[C@@H](N)C1. The highest BCUT2D eigenvalue weighted by Crippen LogP contribution is 2.13. The van der Waals surface area contributed by atoms with E-state index in [2.05, 4.69) is 0 Å². The van der Waals surface area contributed by atoms with Crippen LogP contribution in [0.3, 0.4) is 0 Å². The lowest BCUT2D eigenvalue weighted by Crippen LogP contribution is -2.46. The number of hydrogen-bond acceptors (Lipinski definition) is 3. The van der Waals surface area contributed by atoms with Gasteiger partial charge in [0.25, 0.3) is 0 Å². The van der Waals surface area contributed by atoms with Crippen LogP contribution in [0.5, 0.6) is 0 Å². The highest BCUT2D eigenvalue weighted by molar-refractivity contribution is 7.89. The van der Waals surface area contributed by atoms with Crippen LogP contribution in [0.15, 0.2) is 0 Å². The van der Waals surface area contributed by atoms with Gasteiger partial charge >= 0.3 is 0 Å². The highest BCUT2D eigenvalue weighted by atomic mass is 32.2. The van der Waals surface area contributed by atoms with Crippen molar-refractivity contribution in [2.75, 3.05) is 18.8 Å². The maximum atomic E-state index is 11.6. The zero-order chi connectivity index (χ0) is 9.90. The fourth-order valence-corrected chi connectivity index (χ4v) is 3.21. The summed E-state index contributed by atoms with van der Waals surface area (Å²) in [5.74, 6) is 0.250. The Morgan fingerprint density at radius 1 is 1.54 bits per heavy atom. The molecule has 0 spiro atoms. The second-order valence-corrected chi connectivity index (χ2v) is 5.66. The maximum Gasteiger partial charge on any atom is 0.214 e. The van der Waals surface area contributed by atoms with E-state index in [-0.39, 0.29) is 11.8 Å². The van der Waals surface area contributed by atoms with Gasteiger partial charge in [0.1, 0.15) is 0 Å². The van der Waals surface area contributed by atoms with E-state index in [1.807, 2.05) is 6.92 Å². The molecule has 0 aliphatic carbocycles. The smallest absolute Gasteiger partial charge is 0.214 e. The van der Waals surface area contributed by atoms with Crippen LogP contribution >= 0.6 is 0 Å². The monoisotopic (exact) mass is 206 g/mol. The first-order valence-electron chi connectivity index (χ1n) is 4.79. The summed E-state index contributed by atoms with van der Waals surface area (Å²) in [6.45, 7) is 3.03. The van der Waals surface area contributed by atoms with Crippen molar-refractivity contribution in [2.24, 2.45) is 5.73 Å². The summed E-state index contributed by atoms with van der Waals surface area (Å²) >= 11 is 0. The van der Waals surface area contributed by atoms with Crippen LogP contribution in [0.4, 0.5) is 0 Å². The van der Waals surface area contributed by atoms with Crippen LogP contribution in [0, 0.1) is 0 Å². The second kappa shape index (κ2) is 4.39. The van der Waals surface area contributed by atoms with Gasteiger partial charge in [0.2, 0.25) is 10.0 Å². The lowest BCUT2D eigenvalue weighted by Gasteiger charge is -2.29. The van der Waals surface area contributed by atoms with Crippen molar-refractivity contribution in [2.45, 2.75) is 32.2 Å². The average Bonchev–Trinajstić information content (AvgIpc) is 2.04. The summed E-state index contributed by atoms with van der Waals surface area (Å²) < 4.78 is 24.7. The van der Waals surface area contributed by atoms with Crippen molar-refractivity contribution in [3.05, 3.63) is 0 Å². The highest BCUT2D eigenvalue weighted by Gasteiger charge is 2.26. The van der Waals surface area contributed by atoms with E-state index in [9.17, 15) is 8.42 Å². The van der Waals surface area contributed by atoms with Gasteiger partial charge in [-0.1, -0.05) is 6.92 Å². The molecule has 0 saturated carbocycles. The van der Waals surface area contributed by atoms with Gasteiger partial charge in [-0.2, -0.15) is 0 Å². The van der Waals surface area contributed by atoms with Gasteiger partial charge in [-0.3, -0.25) is 0 Å². The van der Waals surface area contributed by atoms with Crippen molar-refractivity contribution >= 4 is 10.0 Å². The minimum atomic E-state index is -3.01. The molecule has 0 aromatic rings. The normalized spacial score (nSPS) is 26.2. The third-order valence-electron chi connectivity index (χ3n) is 2.28. The molecule has 13 heavy (non-hydrogen) atoms. The molecule has 5 heteroatoms. The first-order valence-corrected chi connectivity index (χ1v) is 6.40. The molecule has 0 bridgehead atoms. The quantitative estimate of drug-likeness (QED) is 0.715. The molecule has 1 atom stereocenters. The third-order valence-corrected chi connectivity index (χ3v) is 4.32. The Balaban J connectivity index is 2.60. The van der Waals surface area contributed by atoms with E-state index in [1.54, 1.807) is 0 Å². The maximum absolute atomic E-state index is 11.6. The van der Waals surface area contributed by atoms with E-state index in [0.29, 0.717) is 19.5 Å². The summed E-state index contributed by atoms with van der Waals surface area (Å²) in [5, 5.41) is 0. The van der Waals surface area contributed by atoms with E-state index in [0.717, 1.165) is 12.8 Å². The second-order valence-electron chi connectivity index (χ2n) is 3.58. The lowest BCUT2D eigenvalue weighted by molar-refractivity contribution is 0.316. The Hall–Kier alpha value is -0.130. The van der Waals surface area contributed by atoms with E-state index in [1.165, 1.54) is 4.31 Å². The van der Waals surface area contributed by atoms with Crippen LogP contribution in [0.2, 0.25) is 0 Å². The number of nitrogens with zero attached hydrogens (tertiary/aromatic N) is 1. The standard InChI is InChI=1S/C8H18N2O2S/c1-2-6-13(11,12)10-5-3-4-8(9)7-10/h8H,2-7,9H2,1H3/t8-/m1/s1. The summed E-state index contributed by atoms with van der Waals surface area (Å²) in [4.78, 5) is 0. The van der Waals surface area contributed by atoms with Crippen LogP contribution < -0.4 is 5.73 Å². The molecule has 1 fully saturated rings. The molecule has 0 aromatic carbocycles. The molecule has 1 rings (SSSR count). The fourth-order valence-electron chi connectivity index (χ4n) is 1.61. The molecule has 1 saturated heterocycles. The van der Waals surface area contributed by atoms with Gasteiger partial charge in [-0.15, -0.1) is 0 Å². The van der Waals surface area contributed by atoms with Crippen molar-refractivity contribution in [1.29, 1.82) is 0 Å². The van der Waals surface area contributed by atoms with Crippen LogP contribution in [-0.4, -0.2) is 37.6 Å². The van der Waals surface area contributed by atoms with Crippen molar-refractivity contribution in [3.63, 3.8) is 0 Å². The van der Waals surface area contributed by atoms with Crippen LogP contribution in [0.1, 0.15) is 26.2 Å². The Bertz CT molecular complexity index is 251. The Labute approximate surface area is 80.1 Å². The van der Waals surface area contributed by atoms with E-state index >= 15 is 0 Å². The molecular weight excluding hydrogens is 188 g/mol. The number of rotatable bonds is 3. The molecule has 1 heterocycles. The molecule has 2 N–H and O–H groups in total. The molecule has 0 radical (unpaired) electrons. The largest absolute Gasteiger partial charge is 0.327 e. The van der Waals surface area contributed by atoms with Gasteiger partial charge in [0.05, 0.1) is 5.75 Å². The topological polar surface area (TPSA) is 63.4 Å². The molecule has 78 valence electrons. The van der Waals surface area contributed by atoms with Gasteiger partial charge in [0, 0.05) is 19.1 Å². The molecule has 1 aliphatic heterocycles. The summed E-state index contributed by atoms with van der Waals surface area (Å²) in [6.07, 6.45) is 2.51. The van der Waals surface area contributed by atoms with Gasteiger partial charge < -0.3 is 5.73 Å². The van der Waals surface area contributed by atoms with Gasteiger partial charge in [-0.25, -0.2) is 12.7 Å². The molecule has 0 unspecified atom stereocenters. The lowest BCUT2D eigenvalue weighted by atomic mass is 10.1. The molecule has 4 nitrogen and oxygen atoms in total. The van der Waals surface area contributed by atoms with E-state index in [4.69, 9.17) is 5.73 Å². The zero-order valence-corrected chi connectivity index (χ0v) is 8.89. The minimum Gasteiger partial charge on any atom is -0.327 e. The summed E-state index contributed by atoms with van der Waals surface area (Å²) in [7, 11) is -3.01. The number of piperidine rings is 1. The van der Waals surface area contributed by atoms with Crippen LogP contribution in [0.25, 0.3) is 0 Å².